The van der Waals surface area contributed by atoms with Gasteiger partial charge in [0.05, 0.1) is 11.0 Å². The summed E-state index contributed by atoms with van der Waals surface area (Å²) in [5.74, 6) is -1.58. The number of aromatic nitrogens is 2. The number of aliphatic hydroxyl groups excluding tert-OH is 1. The number of halogens is 2. The Balaban J connectivity index is 2.70. The smallest absolute Gasteiger partial charge is 0.161 e. The maximum Gasteiger partial charge on any atom is 0.161 e. The molecule has 0 amide bonds. The molecule has 2 aromatic rings. The number of nitrogens with one attached hydrogen (secondary N) is 1. The van der Waals surface area contributed by atoms with Gasteiger partial charge in [0.15, 0.2) is 11.6 Å². The topological polar surface area (TPSA) is 48.9 Å². The van der Waals surface area contributed by atoms with Crippen LogP contribution in [0.25, 0.3) is 11.0 Å². The van der Waals surface area contributed by atoms with E-state index < -0.39 is 11.6 Å². The van der Waals surface area contributed by atoms with Crippen LogP contribution in [0.15, 0.2) is 12.1 Å². The monoisotopic (exact) mass is 184 g/mol. The molecule has 0 aliphatic rings. The van der Waals surface area contributed by atoms with Crippen LogP contribution in [0.2, 0.25) is 0 Å². The predicted molar refractivity (Wildman–Crippen MR) is 41.9 cm³/mol. The third kappa shape index (κ3) is 1.27. The first kappa shape index (κ1) is 8.12. The quantitative estimate of drug-likeness (QED) is 0.702. The molecule has 0 fully saturated rings. The molecule has 0 atom stereocenters. The van der Waals surface area contributed by atoms with Crippen molar-refractivity contribution in [2.75, 3.05) is 0 Å². The van der Waals surface area contributed by atoms with E-state index in [2.05, 4.69) is 9.97 Å². The normalized spacial score (nSPS) is 11.0. The molecule has 0 aliphatic carbocycles. The van der Waals surface area contributed by atoms with Gasteiger partial charge < -0.3 is 10.1 Å². The van der Waals surface area contributed by atoms with Crippen LogP contribution in [-0.2, 0) is 6.61 Å². The van der Waals surface area contributed by atoms with Gasteiger partial charge in [-0.05, 0) is 0 Å². The van der Waals surface area contributed by atoms with Gasteiger partial charge in [-0.25, -0.2) is 13.8 Å². The van der Waals surface area contributed by atoms with Crippen LogP contribution in [0.3, 0.4) is 0 Å². The predicted octanol–water partition coefficient (Wildman–Crippen LogP) is 1.33. The van der Waals surface area contributed by atoms with E-state index in [0.717, 1.165) is 12.1 Å². The summed E-state index contributed by atoms with van der Waals surface area (Å²) < 4.78 is 25.3. The van der Waals surface area contributed by atoms with Crippen molar-refractivity contribution in [2.45, 2.75) is 6.61 Å². The highest BCUT2D eigenvalue weighted by atomic mass is 19.2. The maximum absolute atomic E-state index is 12.7. The third-order valence-corrected chi connectivity index (χ3v) is 1.72. The summed E-state index contributed by atoms with van der Waals surface area (Å²) in [5.41, 5.74) is 0.686. The lowest BCUT2D eigenvalue weighted by atomic mass is 10.3. The van der Waals surface area contributed by atoms with Crippen LogP contribution >= 0.6 is 0 Å². The molecule has 0 saturated heterocycles. The highest BCUT2D eigenvalue weighted by Gasteiger charge is 2.07. The summed E-state index contributed by atoms with van der Waals surface area (Å²) >= 11 is 0. The van der Waals surface area contributed by atoms with Gasteiger partial charge in [-0.2, -0.15) is 0 Å². The van der Waals surface area contributed by atoms with Gasteiger partial charge in [-0.15, -0.1) is 0 Å². The van der Waals surface area contributed by atoms with Crippen molar-refractivity contribution in [3.63, 3.8) is 0 Å². The number of rotatable bonds is 1. The lowest BCUT2D eigenvalue weighted by Crippen LogP contribution is -1.83. The van der Waals surface area contributed by atoms with E-state index in [0.29, 0.717) is 16.9 Å². The highest BCUT2D eigenvalue weighted by Crippen LogP contribution is 2.15. The van der Waals surface area contributed by atoms with Crippen LogP contribution in [0.1, 0.15) is 5.82 Å². The molecule has 0 spiro atoms. The summed E-state index contributed by atoms with van der Waals surface area (Å²) in [5, 5.41) is 8.70. The Hall–Kier alpha value is -1.49. The van der Waals surface area contributed by atoms with Crippen LogP contribution < -0.4 is 0 Å². The molecule has 1 heterocycles. The second kappa shape index (κ2) is 2.77. The summed E-state index contributed by atoms with van der Waals surface area (Å²) in [6, 6.07) is 2.00. The van der Waals surface area contributed by atoms with Crippen molar-refractivity contribution in [3.8, 4) is 0 Å². The minimum atomic E-state index is -0.941. The number of hydrogen-bond donors (Lipinski definition) is 2. The number of imidazole rings is 1. The highest BCUT2D eigenvalue weighted by molar-refractivity contribution is 5.75. The minimum Gasteiger partial charge on any atom is -0.388 e. The van der Waals surface area contributed by atoms with Crippen molar-refractivity contribution >= 4 is 11.0 Å². The average molecular weight is 184 g/mol. The van der Waals surface area contributed by atoms with Gasteiger partial charge in [0, 0.05) is 12.1 Å². The van der Waals surface area contributed by atoms with Crippen LogP contribution in [-0.4, -0.2) is 15.1 Å². The Labute approximate surface area is 72.0 Å². The van der Waals surface area contributed by atoms with Gasteiger partial charge in [-0.1, -0.05) is 0 Å². The van der Waals surface area contributed by atoms with Crippen molar-refractivity contribution < 1.29 is 13.9 Å². The Morgan fingerprint density at radius 3 is 2.69 bits per heavy atom. The first-order chi connectivity index (χ1) is 6.20. The van der Waals surface area contributed by atoms with E-state index in [1.165, 1.54) is 0 Å². The largest absolute Gasteiger partial charge is 0.388 e. The van der Waals surface area contributed by atoms with Crippen LogP contribution in [0.5, 0.6) is 0 Å². The van der Waals surface area contributed by atoms with Crippen molar-refractivity contribution in [2.24, 2.45) is 0 Å². The van der Waals surface area contributed by atoms with E-state index in [1.54, 1.807) is 0 Å². The molecule has 5 heteroatoms. The molecule has 68 valence electrons. The van der Waals surface area contributed by atoms with Gasteiger partial charge in [0.1, 0.15) is 12.4 Å². The molecule has 3 nitrogen and oxygen atoms in total. The fraction of sp³-hybridized carbons (Fsp3) is 0.125. The second-order valence-corrected chi connectivity index (χ2v) is 2.63. The number of H-pyrrole nitrogens is 1. The molecular weight excluding hydrogens is 178 g/mol. The standard InChI is InChI=1S/C8H6F2N2O/c9-4-1-6-7(2-5(4)10)12-8(3-13)11-6/h1-2,13H,3H2,(H,11,12). The molecular formula is C8H6F2N2O. The summed E-state index contributed by atoms with van der Waals surface area (Å²) in [4.78, 5) is 6.47. The van der Waals surface area contributed by atoms with Gasteiger partial charge in [0.25, 0.3) is 0 Å². The van der Waals surface area contributed by atoms with E-state index in [9.17, 15) is 8.78 Å². The van der Waals surface area contributed by atoms with Gasteiger partial charge in [0.2, 0.25) is 0 Å². The number of fused-ring (bicyclic) bond motifs is 1. The van der Waals surface area contributed by atoms with Crippen LogP contribution in [0, 0.1) is 11.6 Å². The number of hydrogen-bond acceptors (Lipinski definition) is 2. The molecule has 0 unspecified atom stereocenters. The Bertz CT molecular complexity index is 414. The van der Waals surface area contributed by atoms with Gasteiger partial charge in [-0.3, -0.25) is 0 Å². The minimum absolute atomic E-state index is 0.280. The van der Waals surface area contributed by atoms with E-state index in [4.69, 9.17) is 5.11 Å². The van der Waals surface area contributed by atoms with Crippen LogP contribution in [0.4, 0.5) is 8.78 Å². The number of aromatic amines is 1. The van der Waals surface area contributed by atoms with Crippen molar-refractivity contribution in [1.29, 1.82) is 0 Å². The third-order valence-electron chi connectivity index (χ3n) is 1.72. The molecule has 0 saturated carbocycles. The Kier molecular flexibility index (Phi) is 1.73. The Morgan fingerprint density at radius 2 is 2.00 bits per heavy atom. The van der Waals surface area contributed by atoms with E-state index >= 15 is 0 Å². The molecule has 1 aromatic carbocycles. The lowest BCUT2D eigenvalue weighted by molar-refractivity contribution is 0.273. The molecule has 13 heavy (non-hydrogen) atoms. The zero-order chi connectivity index (χ0) is 9.42. The lowest BCUT2D eigenvalue weighted by Gasteiger charge is -1.90. The fourth-order valence-corrected chi connectivity index (χ4v) is 1.13. The number of aliphatic hydroxyl groups is 1. The zero-order valence-electron chi connectivity index (χ0n) is 6.51. The molecule has 1 aromatic heterocycles. The molecule has 2 rings (SSSR count). The number of benzene rings is 1. The van der Waals surface area contributed by atoms with Crippen molar-refractivity contribution in [3.05, 3.63) is 29.6 Å². The summed E-state index contributed by atoms with van der Waals surface area (Å²) in [7, 11) is 0. The van der Waals surface area contributed by atoms with E-state index in [1.807, 2.05) is 0 Å². The number of nitrogens with zero attached hydrogens (tertiary/aromatic N) is 1. The zero-order valence-corrected chi connectivity index (χ0v) is 6.51. The van der Waals surface area contributed by atoms with Gasteiger partial charge >= 0.3 is 0 Å². The molecule has 0 bridgehead atoms. The summed E-state index contributed by atoms with van der Waals surface area (Å²) in [6.07, 6.45) is 0. The molecule has 0 aliphatic heterocycles. The second-order valence-electron chi connectivity index (χ2n) is 2.63. The summed E-state index contributed by atoms with van der Waals surface area (Å²) in [6.45, 7) is -0.280. The Morgan fingerprint density at radius 1 is 1.31 bits per heavy atom. The fourth-order valence-electron chi connectivity index (χ4n) is 1.13. The van der Waals surface area contributed by atoms with E-state index in [-0.39, 0.29) is 6.61 Å². The molecule has 0 radical (unpaired) electrons. The van der Waals surface area contributed by atoms with Crippen molar-refractivity contribution in [1.82, 2.24) is 9.97 Å². The maximum atomic E-state index is 12.7. The molecule has 2 N–H and O–H groups in total. The average Bonchev–Trinajstić information content (AvgIpc) is 2.48. The first-order valence-corrected chi connectivity index (χ1v) is 3.65. The first-order valence-electron chi connectivity index (χ1n) is 3.65. The SMILES string of the molecule is OCc1nc2cc(F)c(F)cc2[nH]1.